The quantitative estimate of drug-likeness (QED) is 0.775. The minimum atomic E-state index is -0.157. The van der Waals surface area contributed by atoms with Gasteiger partial charge in [0.2, 0.25) is 0 Å². The lowest BCUT2D eigenvalue weighted by atomic mass is 10.1. The van der Waals surface area contributed by atoms with Gasteiger partial charge in [0.05, 0.1) is 21.3 Å². The Hall–Kier alpha value is -3.22. The van der Waals surface area contributed by atoms with Crippen molar-refractivity contribution in [3.63, 3.8) is 0 Å². The maximum absolute atomic E-state index is 13.2. The molecule has 154 valence electrons. The number of hydrogen-bond donors (Lipinski definition) is 0. The molecule has 0 N–H and O–H groups in total. The predicted octanol–water partition coefficient (Wildman–Crippen LogP) is 2.70. The van der Waals surface area contributed by atoms with Gasteiger partial charge in [-0.25, -0.2) is 0 Å². The van der Waals surface area contributed by atoms with E-state index in [0.717, 1.165) is 0 Å². The Morgan fingerprint density at radius 2 is 1.34 bits per heavy atom. The summed E-state index contributed by atoms with van der Waals surface area (Å²) in [5.41, 5.74) is 0.987. The molecule has 1 aliphatic rings. The normalized spacial score (nSPS) is 14.2. The third-order valence-corrected chi connectivity index (χ3v) is 5.03. The summed E-state index contributed by atoms with van der Waals surface area (Å²) in [4.78, 5) is 29.6. The molecule has 0 saturated carbocycles. The van der Waals surface area contributed by atoms with Gasteiger partial charge in [0.25, 0.3) is 11.8 Å². The van der Waals surface area contributed by atoms with Crippen LogP contribution in [0.25, 0.3) is 0 Å². The SMILES string of the molecule is COc1cccc(C(=O)N2CCCN(C(=O)c3c(OC)cccc3OC)CC2)c1. The molecular weight excluding hydrogens is 372 g/mol. The van der Waals surface area contributed by atoms with E-state index >= 15 is 0 Å². The van der Waals surface area contributed by atoms with Crippen LogP contribution in [0.4, 0.5) is 0 Å². The van der Waals surface area contributed by atoms with E-state index in [1.807, 2.05) is 0 Å². The molecule has 1 aliphatic heterocycles. The molecule has 0 spiro atoms. The summed E-state index contributed by atoms with van der Waals surface area (Å²) < 4.78 is 15.9. The maximum atomic E-state index is 13.2. The Morgan fingerprint density at radius 1 is 0.759 bits per heavy atom. The highest BCUT2D eigenvalue weighted by atomic mass is 16.5. The topological polar surface area (TPSA) is 68.3 Å². The second kappa shape index (κ2) is 9.32. The van der Waals surface area contributed by atoms with Crippen LogP contribution in [0.3, 0.4) is 0 Å². The third kappa shape index (κ3) is 4.45. The fourth-order valence-electron chi connectivity index (χ4n) is 3.48. The number of hydrogen-bond acceptors (Lipinski definition) is 5. The molecule has 29 heavy (non-hydrogen) atoms. The summed E-state index contributed by atoms with van der Waals surface area (Å²) >= 11 is 0. The van der Waals surface area contributed by atoms with Crippen molar-refractivity contribution in [2.24, 2.45) is 0 Å². The van der Waals surface area contributed by atoms with Crippen LogP contribution in [-0.4, -0.2) is 69.1 Å². The lowest BCUT2D eigenvalue weighted by molar-refractivity contribution is 0.0714. The van der Waals surface area contributed by atoms with Gasteiger partial charge in [0.15, 0.2) is 0 Å². The molecule has 2 aromatic rings. The van der Waals surface area contributed by atoms with E-state index in [9.17, 15) is 9.59 Å². The summed E-state index contributed by atoms with van der Waals surface area (Å²) in [6.07, 6.45) is 0.693. The Kier molecular flexibility index (Phi) is 6.59. The molecule has 2 aromatic carbocycles. The molecule has 0 radical (unpaired) electrons. The van der Waals surface area contributed by atoms with Crippen molar-refractivity contribution in [2.45, 2.75) is 6.42 Å². The van der Waals surface area contributed by atoms with E-state index in [2.05, 4.69) is 0 Å². The highest BCUT2D eigenvalue weighted by molar-refractivity contribution is 6.00. The monoisotopic (exact) mass is 398 g/mol. The first-order chi connectivity index (χ1) is 14.1. The summed E-state index contributed by atoms with van der Waals surface area (Å²) in [7, 11) is 4.64. The van der Waals surface area contributed by atoms with Gasteiger partial charge in [-0.3, -0.25) is 9.59 Å². The van der Waals surface area contributed by atoms with Crippen LogP contribution >= 0.6 is 0 Å². The first-order valence-electron chi connectivity index (χ1n) is 9.52. The predicted molar refractivity (Wildman–Crippen MR) is 109 cm³/mol. The maximum Gasteiger partial charge on any atom is 0.261 e. The van der Waals surface area contributed by atoms with Gasteiger partial charge in [-0.15, -0.1) is 0 Å². The summed E-state index contributed by atoms with van der Waals surface area (Å²) in [5, 5.41) is 0. The van der Waals surface area contributed by atoms with Crippen molar-refractivity contribution in [3.05, 3.63) is 53.6 Å². The molecule has 7 nitrogen and oxygen atoms in total. The van der Waals surface area contributed by atoms with Crippen LogP contribution in [0, 0.1) is 0 Å². The molecule has 2 amide bonds. The van der Waals surface area contributed by atoms with E-state index in [-0.39, 0.29) is 11.8 Å². The van der Waals surface area contributed by atoms with Gasteiger partial charge in [-0.2, -0.15) is 0 Å². The average molecular weight is 398 g/mol. The van der Waals surface area contributed by atoms with E-state index in [1.54, 1.807) is 59.4 Å². The molecule has 0 bridgehead atoms. The fraction of sp³-hybridized carbons (Fsp3) is 0.364. The van der Waals surface area contributed by atoms with Crippen LogP contribution in [0.1, 0.15) is 27.1 Å². The van der Waals surface area contributed by atoms with E-state index in [4.69, 9.17) is 14.2 Å². The molecule has 1 heterocycles. The molecule has 0 unspecified atom stereocenters. The number of carbonyl (C=O) groups excluding carboxylic acids is 2. The molecule has 1 saturated heterocycles. The van der Waals surface area contributed by atoms with Crippen molar-refractivity contribution >= 4 is 11.8 Å². The zero-order chi connectivity index (χ0) is 20.8. The number of methoxy groups -OCH3 is 3. The summed E-state index contributed by atoms with van der Waals surface area (Å²) in [5.74, 6) is 1.37. The number of amides is 2. The minimum Gasteiger partial charge on any atom is -0.497 e. The zero-order valence-electron chi connectivity index (χ0n) is 17.0. The third-order valence-electron chi connectivity index (χ3n) is 5.03. The highest BCUT2D eigenvalue weighted by Gasteiger charge is 2.27. The lowest BCUT2D eigenvalue weighted by Crippen LogP contribution is -2.37. The van der Waals surface area contributed by atoms with Crippen molar-refractivity contribution in [1.29, 1.82) is 0 Å². The Morgan fingerprint density at radius 3 is 1.93 bits per heavy atom. The number of benzene rings is 2. The number of carbonyl (C=O) groups is 2. The van der Waals surface area contributed by atoms with Crippen LogP contribution in [0.5, 0.6) is 17.2 Å². The molecule has 0 aliphatic carbocycles. The van der Waals surface area contributed by atoms with Crippen LogP contribution in [0.15, 0.2) is 42.5 Å². The second-order valence-electron chi connectivity index (χ2n) is 6.71. The van der Waals surface area contributed by atoms with E-state index in [0.29, 0.717) is 61.0 Å². The summed E-state index contributed by atoms with van der Waals surface area (Å²) in [6, 6.07) is 12.4. The highest BCUT2D eigenvalue weighted by Crippen LogP contribution is 2.30. The first-order valence-corrected chi connectivity index (χ1v) is 9.52. The lowest BCUT2D eigenvalue weighted by Gasteiger charge is -2.23. The van der Waals surface area contributed by atoms with Crippen LogP contribution < -0.4 is 14.2 Å². The Labute approximate surface area is 170 Å². The molecule has 7 heteroatoms. The molecular formula is C22H26N2O5. The molecule has 0 aromatic heterocycles. The molecule has 1 fully saturated rings. The number of nitrogens with zero attached hydrogens (tertiary/aromatic N) is 2. The van der Waals surface area contributed by atoms with Gasteiger partial charge in [-0.1, -0.05) is 12.1 Å². The van der Waals surface area contributed by atoms with Gasteiger partial charge < -0.3 is 24.0 Å². The van der Waals surface area contributed by atoms with E-state index < -0.39 is 0 Å². The second-order valence-corrected chi connectivity index (χ2v) is 6.71. The number of rotatable bonds is 5. The number of ether oxygens (including phenoxy) is 3. The largest absolute Gasteiger partial charge is 0.497 e. The standard InChI is InChI=1S/C22H26N2O5/c1-27-17-8-4-7-16(15-17)21(25)23-11-6-12-24(14-13-23)22(26)20-18(28-2)9-5-10-19(20)29-3/h4-5,7-10,15H,6,11-14H2,1-3H3. The molecule has 0 atom stereocenters. The zero-order valence-corrected chi connectivity index (χ0v) is 17.0. The van der Waals surface area contributed by atoms with Gasteiger partial charge in [0, 0.05) is 31.7 Å². The minimum absolute atomic E-state index is 0.0620. The smallest absolute Gasteiger partial charge is 0.261 e. The Bertz CT molecular complexity index is 861. The van der Waals surface area contributed by atoms with Crippen molar-refractivity contribution < 1.29 is 23.8 Å². The van der Waals surface area contributed by atoms with Gasteiger partial charge in [-0.05, 0) is 36.8 Å². The average Bonchev–Trinajstić information content (AvgIpc) is 3.03. The van der Waals surface area contributed by atoms with Crippen molar-refractivity contribution in [2.75, 3.05) is 47.5 Å². The van der Waals surface area contributed by atoms with Crippen molar-refractivity contribution in [3.8, 4) is 17.2 Å². The van der Waals surface area contributed by atoms with Crippen molar-refractivity contribution in [1.82, 2.24) is 9.80 Å². The first kappa shape index (κ1) is 20.5. The summed E-state index contributed by atoms with van der Waals surface area (Å²) in [6.45, 7) is 2.04. The Balaban J connectivity index is 1.75. The van der Waals surface area contributed by atoms with Crippen LogP contribution in [0.2, 0.25) is 0 Å². The van der Waals surface area contributed by atoms with Crippen LogP contribution in [-0.2, 0) is 0 Å². The van der Waals surface area contributed by atoms with Gasteiger partial charge >= 0.3 is 0 Å². The van der Waals surface area contributed by atoms with Gasteiger partial charge in [0.1, 0.15) is 22.8 Å². The fourth-order valence-corrected chi connectivity index (χ4v) is 3.48. The van der Waals surface area contributed by atoms with E-state index in [1.165, 1.54) is 14.2 Å². The molecule has 3 rings (SSSR count).